The van der Waals surface area contributed by atoms with Crippen LogP contribution in [0.5, 0.6) is 0 Å². The van der Waals surface area contributed by atoms with Gasteiger partial charge in [0.1, 0.15) is 5.82 Å². The Bertz CT molecular complexity index is 1020. The molecule has 1 heterocycles. The molecule has 138 valence electrons. The fraction of sp³-hybridized carbons (Fsp3) is 0.273. The molecule has 0 radical (unpaired) electrons. The lowest BCUT2D eigenvalue weighted by Gasteiger charge is -2.29. The van der Waals surface area contributed by atoms with Crippen molar-refractivity contribution in [3.8, 4) is 5.69 Å². The minimum absolute atomic E-state index is 0.0877. The summed E-state index contributed by atoms with van der Waals surface area (Å²) < 4.78 is 15.1. The highest BCUT2D eigenvalue weighted by Gasteiger charge is 2.36. The Hall–Kier alpha value is -2.95. The van der Waals surface area contributed by atoms with Crippen LogP contribution < -0.4 is 5.32 Å². The molecule has 0 bridgehead atoms. The van der Waals surface area contributed by atoms with Crippen molar-refractivity contribution in [2.45, 2.75) is 33.6 Å². The van der Waals surface area contributed by atoms with Gasteiger partial charge >= 0.3 is 0 Å². The third kappa shape index (κ3) is 3.37. The van der Waals surface area contributed by atoms with Crippen LogP contribution in [0, 0.1) is 18.2 Å². The number of carbonyl (C=O) groups excluding carboxylic acids is 1. The third-order valence-electron chi connectivity index (χ3n) is 4.90. The number of hydrogen-bond donors (Lipinski definition) is 1. The molecule has 27 heavy (non-hydrogen) atoms. The number of aryl methyl sites for hydroxylation is 1. The molecule has 5 heteroatoms. The summed E-state index contributed by atoms with van der Waals surface area (Å²) >= 11 is 0. The molecule has 0 amide bonds. The van der Waals surface area contributed by atoms with Gasteiger partial charge in [0.05, 0.1) is 16.9 Å². The number of aromatic nitrogens is 2. The highest BCUT2D eigenvalue weighted by molar-refractivity contribution is 6.03. The molecule has 2 aromatic carbocycles. The average Bonchev–Trinajstić information content (AvgIpc) is 2.92. The predicted molar refractivity (Wildman–Crippen MR) is 104 cm³/mol. The van der Waals surface area contributed by atoms with E-state index in [-0.39, 0.29) is 17.0 Å². The van der Waals surface area contributed by atoms with Crippen molar-refractivity contribution in [2.24, 2.45) is 5.41 Å². The summed E-state index contributed by atoms with van der Waals surface area (Å²) in [5, 5.41) is 8.00. The second kappa shape index (κ2) is 6.34. The fourth-order valence-corrected chi connectivity index (χ4v) is 3.69. The Morgan fingerprint density at radius 1 is 1.11 bits per heavy atom. The molecule has 0 spiro atoms. The maximum absolute atomic E-state index is 13.4. The number of carbonyl (C=O) groups is 1. The van der Waals surface area contributed by atoms with E-state index < -0.39 is 0 Å². The zero-order valence-corrected chi connectivity index (χ0v) is 15.7. The van der Waals surface area contributed by atoms with E-state index in [0.717, 1.165) is 29.1 Å². The zero-order valence-electron chi connectivity index (χ0n) is 15.7. The lowest BCUT2D eigenvalue weighted by Crippen LogP contribution is -2.28. The number of hydrogen-bond acceptors (Lipinski definition) is 3. The minimum Gasteiger partial charge on any atom is -0.338 e. The molecule has 4 rings (SSSR count). The molecule has 0 fully saturated rings. The van der Waals surface area contributed by atoms with Gasteiger partial charge in [-0.05, 0) is 60.7 Å². The van der Waals surface area contributed by atoms with Crippen LogP contribution >= 0.6 is 0 Å². The first kappa shape index (κ1) is 17.5. The molecule has 1 aromatic heterocycles. The van der Waals surface area contributed by atoms with Gasteiger partial charge in [0.25, 0.3) is 0 Å². The highest BCUT2D eigenvalue weighted by Crippen LogP contribution is 2.39. The summed E-state index contributed by atoms with van der Waals surface area (Å²) in [5.74, 6) is 0.347. The van der Waals surface area contributed by atoms with E-state index in [9.17, 15) is 9.18 Å². The number of ketones is 1. The van der Waals surface area contributed by atoms with Gasteiger partial charge in [0.2, 0.25) is 0 Å². The molecule has 0 atom stereocenters. The van der Waals surface area contributed by atoms with E-state index in [1.54, 1.807) is 16.8 Å². The van der Waals surface area contributed by atoms with E-state index >= 15 is 0 Å². The Morgan fingerprint density at radius 2 is 1.85 bits per heavy atom. The van der Waals surface area contributed by atoms with Crippen molar-refractivity contribution >= 4 is 17.3 Å². The summed E-state index contributed by atoms with van der Waals surface area (Å²) in [6.07, 6.45) is 1.21. The van der Waals surface area contributed by atoms with Gasteiger partial charge in [-0.1, -0.05) is 26.0 Å². The molecule has 1 N–H and O–H groups in total. The van der Waals surface area contributed by atoms with Crippen LogP contribution in [0.3, 0.4) is 0 Å². The molecular formula is C22H22FN3O. The number of nitrogens with one attached hydrogen (secondary N) is 1. The Labute approximate surface area is 158 Å². The highest BCUT2D eigenvalue weighted by atomic mass is 19.1. The first-order chi connectivity index (χ1) is 12.8. The van der Waals surface area contributed by atoms with E-state index in [4.69, 9.17) is 5.10 Å². The van der Waals surface area contributed by atoms with Crippen molar-refractivity contribution in [3.05, 3.63) is 71.2 Å². The van der Waals surface area contributed by atoms with Gasteiger partial charge in [-0.2, -0.15) is 0 Å². The van der Waals surface area contributed by atoms with Crippen LogP contribution in [0.2, 0.25) is 0 Å². The molecule has 0 saturated heterocycles. The lowest BCUT2D eigenvalue weighted by molar-refractivity contribution is 0.0912. The predicted octanol–water partition coefficient (Wildman–Crippen LogP) is 5.22. The largest absolute Gasteiger partial charge is 0.338 e. The van der Waals surface area contributed by atoms with Gasteiger partial charge in [-0.3, -0.25) is 4.79 Å². The number of Topliss-reactive ketones (excluding diaryl/α,β-unsaturated/α-hetero) is 1. The van der Waals surface area contributed by atoms with Crippen LogP contribution in [0.1, 0.15) is 41.9 Å². The quantitative estimate of drug-likeness (QED) is 0.694. The van der Waals surface area contributed by atoms with E-state index in [0.29, 0.717) is 17.8 Å². The first-order valence-electron chi connectivity index (χ1n) is 9.07. The number of anilines is 2. The van der Waals surface area contributed by atoms with Crippen LogP contribution in [0.4, 0.5) is 15.9 Å². The number of halogens is 1. The maximum atomic E-state index is 13.4. The van der Waals surface area contributed by atoms with Crippen molar-refractivity contribution in [2.75, 3.05) is 5.32 Å². The lowest BCUT2D eigenvalue weighted by atomic mass is 9.76. The molecule has 3 aromatic rings. The van der Waals surface area contributed by atoms with Crippen molar-refractivity contribution in [3.63, 3.8) is 0 Å². The van der Waals surface area contributed by atoms with Crippen molar-refractivity contribution in [1.82, 2.24) is 9.78 Å². The second-order valence-corrected chi connectivity index (χ2v) is 7.99. The van der Waals surface area contributed by atoms with Crippen molar-refractivity contribution < 1.29 is 9.18 Å². The smallest absolute Gasteiger partial charge is 0.169 e. The first-order valence-corrected chi connectivity index (χ1v) is 9.07. The maximum Gasteiger partial charge on any atom is 0.169 e. The summed E-state index contributed by atoms with van der Waals surface area (Å²) in [4.78, 5) is 12.9. The summed E-state index contributed by atoms with van der Waals surface area (Å²) in [6, 6.07) is 14.1. The minimum atomic E-state index is -0.297. The Kier molecular flexibility index (Phi) is 4.10. The summed E-state index contributed by atoms with van der Waals surface area (Å²) in [5.41, 5.74) is 4.13. The Morgan fingerprint density at radius 3 is 2.56 bits per heavy atom. The molecule has 0 saturated carbocycles. The molecular weight excluding hydrogens is 341 g/mol. The molecule has 1 aliphatic carbocycles. The van der Waals surface area contributed by atoms with Crippen LogP contribution in [0.25, 0.3) is 5.69 Å². The number of nitrogens with zero attached hydrogens (tertiary/aromatic N) is 2. The van der Waals surface area contributed by atoms with Crippen LogP contribution in [-0.4, -0.2) is 15.6 Å². The van der Waals surface area contributed by atoms with Gasteiger partial charge in [0, 0.05) is 12.1 Å². The van der Waals surface area contributed by atoms with E-state index in [2.05, 4.69) is 19.2 Å². The van der Waals surface area contributed by atoms with Gasteiger partial charge in [-0.15, -0.1) is 5.10 Å². The number of benzene rings is 2. The Balaban J connectivity index is 1.85. The van der Waals surface area contributed by atoms with Crippen molar-refractivity contribution in [1.29, 1.82) is 0 Å². The molecule has 0 unspecified atom stereocenters. The van der Waals surface area contributed by atoms with E-state index in [1.807, 2.05) is 31.2 Å². The van der Waals surface area contributed by atoms with Gasteiger partial charge in [0.15, 0.2) is 11.6 Å². The monoisotopic (exact) mass is 363 g/mol. The normalized spacial score (nSPS) is 15.5. The second-order valence-electron chi connectivity index (χ2n) is 7.99. The zero-order chi connectivity index (χ0) is 19.2. The van der Waals surface area contributed by atoms with Crippen LogP contribution in [0.15, 0.2) is 48.5 Å². The fourth-order valence-electron chi connectivity index (χ4n) is 3.69. The SMILES string of the molecule is Cc1cccc(Nc2nn(-c3ccc(F)cc3)c3c2C(=O)CC(C)(C)C3)c1. The number of fused-ring (bicyclic) bond motifs is 1. The standard InChI is InChI=1S/C22H22FN3O/c1-14-5-4-6-16(11-14)24-21-20-18(12-22(2,3)13-19(20)27)26(25-21)17-9-7-15(23)8-10-17/h4-11H,12-13H2,1-3H3,(H,24,25). The van der Waals surface area contributed by atoms with E-state index in [1.165, 1.54) is 12.1 Å². The topological polar surface area (TPSA) is 46.9 Å². The van der Waals surface area contributed by atoms with Gasteiger partial charge in [-0.25, -0.2) is 9.07 Å². The average molecular weight is 363 g/mol. The third-order valence-corrected chi connectivity index (χ3v) is 4.90. The molecule has 4 nitrogen and oxygen atoms in total. The van der Waals surface area contributed by atoms with Crippen LogP contribution in [-0.2, 0) is 6.42 Å². The summed E-state index contributed by atoms with van der Waals surface area (Å²) in [6.45, 7) is 6.19. The molecule has 0 aliphatic heterocycles. The van der Waals surface area contributed by atoms with Gasteiger partial charge < -0.3 is 5.32 Å². The summed E-state index contributed by atoms with van der Waals surface area (Å²) in [7, 11) is 0. The molecule has 1 aliphatic rings. The number of rotatable bonds is 3.